The Balaban J connectivity index is 1.66. The molecular weight excluding hydrogens is 422 g/mol. The Morgan fingerprint density at radius 1 is 1.09 bits per heavy atom. The standard InChI is InChI=1S/C25H29N3O3S/c1-4-28(25-27-22(16-32-25)19-8-6-5-7-9-19)15-18-10-12-20(13-11-18)23(29)26-21(24(30)31)14-17(2)3/h5-13,16-17,21H,4,14-15H2,1-3H3,(H,26,29)(H,30,31). The quantitative estimate of drug-likeness (QED) is 0.450. The Morgan fingerprint density at radius 3 is 2.38 bits per heavy atom. The number of hydrogen-bond acceptors (Lipinski definition) is 5. The maximum absolute atomic E-state index is 12.5. The van der Waals surface area contributed by atoms with E-state index >= 15 is 0 Å². The van der Waals surface area contributed by atoms with Crippen LogP contribution in [0.4, 0.5) is 5.13 Å². The molecule has 1 heterocycles. The Morgan fingerprint density at radius 2 is 1.78 bits per heavy atom. The molecular formula is C25H29N3O3S. The molecule has 1 atom stereocenters. The second-order valence-electron chi connectivity index (χ2n) is 8.09. The van der Waals surface area contributed by atoms with Crippen molar-refractivity contribution in [2.75, 3.05) is 11.4 Å². The van der Waals surface area contributed by atoms with Gasteiger partial charge in [-0.1, -0.05) is 56.3 Å². The molecule has 0 saturated carbocycles. The van der Waals surface area contributed by atoms with Gasteiger partial charge in [0.2, 0.25) is 0 Å². The molecule has 6 nitrogen and oxygen atoms in total. The number of carboxylic acid groups (broad SMARTS) is 1. The number of carbonyl (C=O) groups is 2. The van der Waals surface area contributed by atoms with Crippen LogP contribution in [0.15, 0.2) is 60.0 Å². The Bertz CT molecular complexity index is 1030. The smallest absolute Gasteiger partial charge is 0.326 e. The number of carboxylic acids is 1. The first-order chi connectivity index (χ1) is 15.4. The van der Waals surface area contributed by atoms with Crippen LogP contribution in [0.1, 0.15) is 43.1 Å². The summed E-state index contributed by atoms with van der Waals surface area (Å²) in [7, 11) is 0. The molecule has 0 fully saturated rings. The van der Waals surface area contributed by atoms with Crippen LogP contribution >= 0.6 is 11.3 Å². The van der Waals surface area contributed by atoms with Crippen molar-refractivity contribution in [2.45, 2.75) is 39.8 Å². The third-order valence-corrected chi connectivity index (χ3v) is 6.02. The number of anilines is 1. The van der Waals surface area contributed by atoms with Crippen LogP contribution in [0.3, 0.4) is 0 Å². The van der Waals surface area contributed by atoms with Gasteiger partial charge >= 0.3 is 5.97 Å². The number of aliphatic carboxylic acids is 1. The molecule has 3 rings (SSSR count). The topological polar surface area (TPSA) is 82.5 Å². The van der Waals surface area contributed by atoms with Crippen molar-refractivity contribution in [3.8, 4) is 11.3 Å². The maximum Gasteiger partial charge on any atom is 0.326 e. The van der Waals surface area contributed by atoms with Crippen molar-refractivity contribution < 1.29 is 14.7 Å². The predicted octanol–water partition coefficient (Wildman–Crippen LogP) is 5.07. The van der Waals surface area contributed by atoms with Crippen LogP contribution in [0.2, 0.25) is 0 Å². The Hall–Kier alpha value is -3.19. The lowest BCUT2D eigenvalue weighted by Gasteiger charge is -2.20. The molecule has 0 aliphatic carbocycles. The molecule has 0 spiro atoms. The molecule has 168 valence electrons. The minimum absolute atomic E-state index is 0.173. The van der Waals surface area contributed by atoms with Gasteiger partial charge < -0.3 is 15.3 Å². The third kappa shape index (κ3) is 6.17. The summed E-state index contributed by atoms with van der Waals surface area (Å²) in [5.41, 5.74) is 3.56. The van der Waals surface area contributed by atoms with Gasteiger partial charge in [-0.3, -0.25) is 4.79 Å². The van der Waals surface area contributed by atoms with E-state index in [1.54, 1.807) is 23.5 Å². The van der Waals surface area contributed by atoms with Crippen LogP contribution < -0.4 is 10.2 Å². The van der Waals surface area contributed by atoms with Crippen LogP contribution in [0.5, 0.6) is 0 Å². The van der Waals surface area contributed by atoms with E-state index in [1.165, 1.54) is 0 Å². The normalized spacial score (nSPS) is 11.9. The number of nitrogens with one attached hydrogen (secondary N) is 1. The van der Waals surface area contributed by atoms with Crippen LogP contribution in [-0.4, -0.2) is 34.6 Å². The van der Waals surface area contributed by atoms with Crippen molar-refractivity contribution in [3.63, 3.8) is 0 Å². The first kappa shape index (κ1) is 23.5. The molecule has 7 heteroatoms. The molecule has 3 aromatic rings. The lowest BCUT2D eigenvalue weighted by atomic mass is 10.0. The van der Waals surface area contributed by atoms with Crippen molar-refractivity contribution in [1.29, 1.82) is 0 Å². The van der Waals surface area contributed by atoms with Gasteiger partial charge in [0.15, 0.2) is 5.13 Å². The van der Waals surface area contributed by atoms with Gasteiger partial charge in [-0.2, -0.15) is 0 Å². The fourth-order valence-electron chi connectivity index (χ4n) is 3.38. The molecule has 1 aromatic heterocycles. The zero-order valence-corrected chi connectivity index (χ0v) is 19.4. The zero-order chi connectivity index (χ0) is 23.1. The van der Waals surface area contributed by atoms with E-state index in [9.17, 15) is 14.7 Å². The van der Waals surface area contributed by atoms with Gasteiger partial charge in [-0.05, 0) is 37.0 Å². The molecule has 0 bridgehead atoms. The summed E-state index contributed by atoms with van der Waals surface area (Å²) in [6, 6.07) is 16.5. The number of thiazole rings is 1. The van der Waals surface area contributed by atoms with Crippen LogP contribution in [0.25, 0.3) is 11.3 Å². The van der Waals surface area contributed by atoms with Gasteiger partial charge in [0.05, 0.1) is 5.69 Å². The zero-order valence-electron chi connectivity index (χ0n) is 18.6. The van der Waals surface area contributed by atoms with Crippen LogP contribution in [-0.2, 0) is 11.3 Å². The predicted molar refractivity (Wildman–Crippen MR) is 129 cm³/mol. The molecule has 0 aliphatic rings. The van der Waals surface area contributed by atoms with Crippen molar-refractivity contribution in [3.05, 3.63) is 71.1 Å². The van der Waals surface area contributed by atoms with E-state index in [0.29, 0.717) is 18.5 Å². The highest BCUT2D eigenvalue weighted by Crippen LogP contribution is 2.28. The molecule has 1 amide bonds. The lowest BCUT2D eigenvalue weighted by Crippen LogP contribution is -2.41. The van der Waals surface area contributed by atoms with Crippen molar-refractivity contribution in [2.24, 2.45) is 5.92 Å². The Labute approximate surface area is 192 Å². The first-order valence-corrected chi connectivity index (χ1v) is 11.6. The second kappa shape index (κ2) is 10.9. The largest absolute Gasteiger partial charge is 0.480 e. The summed E-state index contributed by atoms with van der Waals surface area (Å²) in [4.78, 5) is 30.9. The molecule has 1 unspecified atom stereocenters. The summed E-state index contributed by atoms with van der Waals surface area (Å²) >= 11 is 1.61. The summed E-state index contributed by atoms with van der Waals surface area (Å²) in [6.45, 7) is 7.43. The first-order valence-electron chi connectivity index (χ1n) is 10.8. The number of carbonyl (C=O) groups excluding carboxylic acids is 1. The number of amides is 1. The Kier molecular flexibility index (Phi) is 8.00. The van der Waals surface area contributed by atoms with E-state index in [4.69, 9.17) is 4.98 Å². The third-order valence-electron chi connectivity index (χ3n) is 5.11. The van der Waals surface area contributed by atoms with Gasteiger partial charge in [0.25, 0.3) is 5.91 Å². The molecule has 0 saturated heterocycles. The number of aromatic nitrogens is 1. The molecule has 2 N–H and O–H groups in total. The van der Waals surface area contributed by atoms with Gasteiger partial charge in [0, 0.05) is 29.6 Å². The fraction of sp³-hybridized carbons (Fsp3) is 0.320. The van der Waals surface area contributed by atoms with Gasteiger partial charge in [-0.25, -0.2) is 9.78 Å². The highest BCUT2D eigenvalue weighted by Gasteiger charge is 2.21. The maximum atomic E-state index is 12.5. The summed E-state index contributed by atoms with van der Waals surface area (Å²) in [5, 5.41) is 15.0. The highest BCUT2D eigenvalue weighted by molar-refractivity contribution is 7.14. The molecule has 2 aromatic carbocycles. The average molecular weight is 452 g/mol. The summed E-state index contributed by atoms with van der Waals surface area (Å²) < 4.78 is 0. The van der Waals surface area contributed by atoms with Gasteiger partial charge in [0.1, 0.15) is 6.04 Å². The monoisotopic (exact) mass is 451 g/mol. The summed E-state index contributed by atoms with van der Waals surface area (Å²) in [6.07, 6.45) is 0.392. The lowest BCUT2D eigenvalue weighted by molar-refractivity contribution is -0.139. The molecule has 32 heavy (non-hydrogen) atoms. The van der Waals surface area contributed by atoms with E-state index in [-0.39, 0.29) is 11.8 Å². The van der Waals surface area contributed by atoms with E-state index in [2.05, 4.69) is 34.7 Å². The number of benzene rings is 2. The van der Waals surface area contributed by atoms with Crippen molar-refractivity contribution in [1.82, 2.24) is 10.3 Å². The number of rotatable bonds is 10. The van der Waals surface area contributed by atoms with Crippen molar-refractivity contribution >= 4 is 28.3 Å². The van der Waals surface area contributed by atoms with Crippen LogP contribution in [0, 0.1) is 5.92 Å². The van der Waals surface area contributed by atoms with E-state index in [0.717, 1.165) is 28.5 Å². The number of nitrogens with zero attached hydrogens (tertiary/aromatic N) is 2. The van der Waals surface area contributed by atoms with Gasteiger partial charge in [-0.15, -0.1) is 11.3 Å². The average Bonchev–Trinajstić information content (AvgIpc) is 3.27. The number of hydrogen-bond donors (Lipinski definition) is 2. The van der Waals surface area contributed by atoms with E-state index < -0.39 is 12.0 Å². The highest BCUT2D eigenvalue weighted by atomic mass is 32.1. The molecule has 0 aliphatic heterocycles. The minimum atomic E-state index is -1.01. The summed E-state index contributed by atoms with van der Waals surface area (Å²) in [5.74, 6) is -1.21. The van der Waals surface area contributed by atoms with E-state index in [1.807, 2.05) is 44.2 Å². The fourth-order valence-corrected chi connectivity index (χ4v) is 4.28. The second-order valence-corrected chi connectivity index (χ2v) is 8.92. The minimum Gasteiger partial charge on any atom is -0.480 e. The SMILES string of the molecule is CCN(Cc1ccc(C(=O)NC(CC(C)C)C(=O)O)cc1)c1nc(-c2ccccc2)cs1. The molecule has 0 radical (unpaired) electrons.